The van der Waals surface area contributed by atoms with Crippen molar-refractivity contribution in [2.75, 3.05) is 26.2 Å². The smallest absolute Gasteiger partial charge is 0.246 e. The van der Waals surface area contributed by atoms with Crippen LogP contribution in [0.2, 0.25) is 0 Å². The van der Waals surface area contributed by atoms with Gasteiger partial charge in [-0.15, -0.1) is 0 Å². The Morgan fingerprint density at radius 2 is 1.38 bits per heavy atom. The molecule has 1 fully saturated rings. The van der Waals surface area contributed by atoms with Crippen molar-refractivity contribution in [1.29, 1.82) is 0 Å². The fraction of sp³-hybridized carbons (Fsp3) is 0.373. The van der Waals surface area contributed by atoms with Gasteiger partial charge in [-0.3, -0.25) is 29.0 Å². The summed E-state index contributed by atoms with van der Waals surface area (Å²) < 4.78 is 0. The van der Waals surface area contributed by atoms with Crippen LogP contribution in [0.25, 0.3) is 21.5 Å². The third-order valence-electron chi connectivity index (χ3n) is 12.0. The fourth-order valence-corrected chi connectivity index (χ4v) is 8.31. The zero-order chi connectivity index (χ0) is 46.8. The van der Waals surface area contributed by atoms with E-state index in [9.17, 15) is 29.1 Å². The number of carbonyl (C=O) groups is 5. The summed E-state index contributed by atoms with van der Waals surface area (Å²) in [4.78, 5) is 76.1. The number of aryl methyl sites for hydroxylation is 1. The van der Waals surface area contributed by atoms with Gasteiger partial charge >= 0.3 is 0 Å². The second-order valence-electron chi connectivity index (χ2n) is 16.9. The Morgan fingerprint density at radius 3 is 2.17 bits per heavy atom. The van der Waals surface area contributed by atoms with Gasteiger partial charge in [-0.05, 0) is 102 Å². The van der Waals surface area contributed by atoms with Crippen LogP contribution in [0.1, 0.15) is 68.6 Å². The van der Waals surface area contributed by atoms with Crippen molar-refractivity contribution in [1.82, 2.24) is 31.5 Å². The number of aliphatic imine (C=N–C) groups is 1. The number of carbonyl (C=O) groups excluding carboxylic acids is 5. The Labute approximate surface area is 386 Å². The summed E-state index contributed by atoms with van der Waals surface area (Å²) in [6.45, 7) is 3.08. The van der Waals surface area contributed by atoms with Crippen LogP contribution in [0.3, 0.4) is 0 Å². The minimum atomic E-state index is -1.13. The van der Waals surface area contributed by atoms with Crippen LogP contribution < -0.4 is 38.1 Å². The summed E-state index contributed by atoms with van der Waals surface area (Å²) >= 11 is 0. The molecule has 6 rings (SSSR count). The molecule has 0 aromatic heterocycles. The lowest BCUT2D eigenvalue weighted by Crippen LogP contribution is -2.58. The van der Waals surface area contributed by atoms with Crippen LogP contribution in [0.15, 0.2) is 114 Å². The van der Waals surface area contributed by atoms with E-state index in [0.29, 0.717) is 24.8 Å². The number of unbranched alkanes of at least 4 members (excludes halogenated alkanes) is 3. The monoisotopic (exact) mass is 897 g/mol. The van der Waals surface area contributed by atoms with Gasteiger partial charge in [0.2, 0.25) is 29.5 Å². The maximum absolute atomic E-state index is 14.7. The molecule has 10 N–H and O–H groups in total. The number of aromatic hydroxyl groups is 1. The molecule has 1 aliphatic rings. The number of amides is 5. The van der Waals surface area contributed by atoms with Gasteiger partial charge in [0.1, 0.15) is 29.9 Å². The molecule has 5 amide bonds. The first-order chi connectivity index (χ1) is 31.9. The molecule has 1 aliphatic heterocycles. The SMILES string of the molecule is C[C@@H]1C(=O)N[C@@H](CCCN=C(N)N)C(=O)N[C@@H](CCc2ccc3ccccc3c2)C(=O)NCC(=O)N[C@H](Cc2ccc(O)cc2)C(=O)N1CCCCCCNCc1cccc2ccccc12. The van der Waals surface area contributed by atoms with E-state index in [0.717, 1.165) is 48.7 Å². The summed E-state index contributed by atoms with van der Waals surface area (Å²) in [6.07, 6.45) is 4.24. The van der Waals surface area contributed by atoms with Crippen LogP contribution >= 0.6 is 0 Å². The zero-order valence-corrected chi connectivity index (χ0v) is 37.6. The lowest BCUT2D eigenvalue weighted by Gasteiger charge is -2.33. The van der Waals surface area contributed by atoms with Gasteiger partial charge in [-0.2, -0.15) is 0 Å². The van der Waals surface area contributed by atoms with Crippen molar-refractivity contribution < 1.29 is 29.1 Å². The molecule has 0 bridgehead atoms. The molecule has 1 saturated heterocycles. The average Bonchev–Trinajstić information content (AvgIpc) is 3.32. The first kappa shape index (κ1) is 48.5. The predicted molar refractivity (Wildman–Crippen MR) is 258 cm³/mol. The fourth-order valence-electron chi connectivity index (χ4n) is 8.31. The molecule has 0 unspecified atom stereocenters. The second kappa shape index (κ2) is 24.3. The van der Waals surface area contributed by atoms with Gasteiger partial charge in [0.25, 0.3) is 0 Å². The molecule has 0 radical (unpaired) electrons. The summed E-state index contributed by atoms with van der Waals surface area (Å²) in [6, 6.07) is 30.5. The molecule has 66 heavy (non-hydrogen) atoms. The van der Waals surface area contributed by atoms with E-state index in [-0.39, 0.29) is 44.1 Å². The normalized spacial score (nSPS) is 18.7. The quantitative estimate of drug-likeness (QED) is 0.0359. The molecule has 348 valence electrons. The van der Waals surface area contributed by atoms with Crippen molar-refractivity contribution >= 4 is 57.0 Å². The molecule has 15 heteroatoms. The van der Waals surface area contributed by atoms with Crippen molar-refractivity contribution in [3.05, 3.63) is 126 Å². The highest BCUT2D eigenvalue weighted by Crippen LogP contribution is 2.20. The number of benzene rings is 5. The minimum absolute atomic E-state index is 0.0424. The van der Waals surface area contributed by atoms with E-state index in [1.54, 1.807) is 19.1 Å². The van der Waals surface area contributed by atoms with Gasteiger partial charge in [0.15, 0.2) is 5.96 Å². The molecule has 0 spiro atoms. The summed E-state index contributed by atoms with van der Waals surface area (Å²) in [5.41, 5.74) is 14.0. The number of phenolic OH excluding ortho intramolecular Hbond substituents is 1. The Morgan fingerprint density at radius 1 is 0.697 bits per heavy atom. The van der Waals surface area contributed by atoms with E-state index in [4.69, 9.17) is 11.5 Å². The average molecular weight is 898 g/mol. The van der Waals surface area contributed by atoms with Gasteiger partial charge in [-0.25, -0.2) is 0 Å². The second-order valence-corrected chi connectivity index (χ2v) is 16.9. The Balaban J connectivity index is 1.18. The Kier molecular flexibility index (Phi) is 17.9. The minimum Gasteiger partial charge on any atom is -0.508 e. The molecular weight excluding hydrogens is 835 g/mol. The van der Waals surface area contributed by atoms with Gasteiger partial charge in [0.05, 0.1) is 6.54 Å². The number of phenols is 1. The van der Waals surface area contributed by atoms with E-state index >= 15 is 0 Å². The van der Waals surface area contributed by atoms with Gasteiger partial charge < -0.3 is 48.1 Å². The number of nitrogens with zero attached hydrogens (tertiary/aromatic N) is 2. The number of nitrogens with two attached hydrogens (primary N) is 2. The van der Waals surface area contributed by atoms with Crippen LogP contribution in [0.5, 0.6) is 5.75 Å². The summed E-state index contributed by atoms with van der Waals surface area (Å²) in [7, 11) is 0. The Bertz CT molecular complexity index is 2470. The van der Waals surface area contributed by atoms with Crippen molar-refractivity contribution in [3.8, 4) is 5.75 Å². The van der Waals surface area contributed by atoms with Gasteiger partial charge in [0, 0.05) is 26.1 Å². The first-order valence-corrected chi connectivity index (χ1v) is 22.9. The van der Waals surface area contributed by atoms with Crippen molar-refractivity contribution in [2.24, 2.45) is 16.5 Å². The van der Waals surface area contributed by atoms with Crippen molar-refractivity contribution in [2.45, 2.75) is 95.4 Å². The molecule has 5 aromatic rings. The van der Waals surface area contributed by atoms with Crippen LogP contribution in [-0.4, -0.2) is 95.8 Å². The molecular formula is C51H63N9O6. The third kappa shape index (κ3) is 14.2. The number of nitrogens with one attached hydrogen (secondary N) is 5. The molecule has 0 aliphatic carbocycles. The molecule has 4 atom stereocenters. The molecule has 15 nitrogen and oxygen atoms in total. The van der Waals surface area contributed by atoms with E-state index in [2.05, 4.69) is 61.9 Å². The summed E-state index contributed by atoms with van der Waals surface area (Å²) in [5, 5.41) is 29.3. The van der Waals surface area contributed by atoms with Crippen LogP contribution in [0, 0.1) is 0 Å². The molecule has 5 aromatic carbocycles. The number of guanidine groups is 1. The maximum Gasteiger partial charge on any atom is 0.246 e. The molecule has 1 heterocycles. The van der Waals surface area contributed by atoms with Gasteiger partial charge in [-0.1, -0.05) is 110 Å². The molecule has 0 saturated carbocycles. The number of hydrogen-bond donors (Lipinski definition) is 8. The number of hydrogen-bond acceptors (Lipinski definition) is 8. The summed E-state index contributed by atoms with van der Waals surface area (Å²) in [5.74, 6) is -2.97. The van der Waals surface area contributed by atoms with Crippen LogP contribution in [0.4, 0.5) is 0 Å². The zero-order valence-electron chi connectivity index (χ0n) is 37.6. The standard InChI is InChI=1S/C51H63N9O6/c1-34-47(63)58-43(18-11-28-55-51(52)53)49(65)59-44(26-22-35-19-23-37-12-4-5-14-39(37)30-35)48(64)56-33-46(62)57-45(31-36-20-24-41(61)25-21-36)50(66)60(34)29-9-3-2-8-27-54-32-40-16-10-15-38-13-6-7-17-42(38)40/h4-7,10,12-17,19-21,23-25,30,34,43-45,54,61H,2-3,8-9,11,18,22,26-29,31-33H2,1H3,(H,56,64)(H,57,62)(H,58,63)(H,59,65)(H4,52,53,55)/t34-,43+,44+,45-/m1/s1. The number of fused-ring (bicyclic) bond motifs is 2. The van der Waals surface area contributed by atoms with E-state index in [1.165, 1.54) is 33.4 Å². The maximum atomic E-state index is 14.7. The highest BCUT2D eigenvalue weighted by Gasteiger charge is 2.35. The Hall–Kier alpha value is -7.00. The largest absolute Gasteiger partial charge is 0.508 e. The number of rotatable bonds is 18. The predicted octanol–water partition coefficient (Wildman–Crippen LogP) is 4.08. The highest BCUT2D eigenvalue weighted by atomic mass is 16.3. The highest BCUT2D eigenvalue weighted by molar-refractivity contribution is 5.97. The van der Waals surface area contributed by atoms with Crippen molar-refractivity contribution in [3.63, 3.8) is 0 Å². The topological polar surface area (TPSA) is 233 Å². The van der Waals surface area contributed by atoms with Crippen LogP contribution in [-0.2, 0) is 43.4 Å². The lowest BCUT2D eigenvalue weighted by atomic mass is 10.0. The van der Waals surface area contributed by atoms with E-state index < -0.39 is 60.2 Å². The lowest BCUT2D eigenvalue weighted by molar-refractivity contribution is -0.143. The van der Waals surface area contributed by atoms with E-state index in [1.807, 2.05) is 54.6 Å². The third-order valence-corrected chi connectivity index (χ3v) is 12.0. The first-order valence-electron chi connectivity index (χ1n) is 22.9.